The zero-order valence-electron chi connectivity index (χ0n) is 17.5. The Kier molecular flexibility index (Phi) is 7.60. The summed E-state index contributed by atoms with van der Waals surface area (Å²) in [5.74, 6) is -1.81. The van der Waals surface area contributed by atoms with Crippen LogP contribution in [0, 0.1) is 11.8 Å². The van der Waals surface area contributed by atoms with Gasteiger partial charge in [0.2, 0.25) is 11.8 Å². The Hall–Kier alpha value is -2.70. The minimum absolute atomic E-state index is 0.0182. The molecule has 2 atom stereocenters. The lowest BCUT2D eigenvalue weighted by Gasteiger charge is -2.19. The highest BCUT2D eigenvalue weighted by Crippen LogP contribution is 2.37. The van der Waals surface area contributed by atoms with Gasteiger partial charge >= 0.3 is 5.97 Å². The molecule has 30 heavy (non-hydrogen) atoms. The number of carbonyl (C=O) groups excluding carboxylic acids is 4. The van der Waals surface area contributed by atoms with Crippen LogP contribution >= 0.6 is 0 Å². The van der Waals surface area contributed by atoms with E-state index in [-0.39, 0.29) is 36.6 Å². The van der Waals surface area contributed by atoms with Crippen LogP contribution in [0.5, 0.6) is 0 Å². The molecular weight excluding hydrogens is 384 g/mol. The van der Waals surface area contributed by atoms with Gasteiger partial charge in [0.05, 0.1) is 18.3 Å². The van der Waals surface area contributed by atoms with Crippen molar-refractivity contribution in [3.8, 4) is 0 Å². The Morgan fingerprint density at radius 3 is 2.30 bits per heavy atom. The van der Waals surface area contributed by atoms with Crippen LogP contribution in [0.4, 0.5) is 5.69 Å². The van der Waals surface area contributed by atoms with Gasteiger partial charge in [0, 0.05) is 12.2 Å². The number of hydrogen-bond acceptors (Lipinski definition) is 5. The van der Waals surface area contributed by atoms with Crippen molar-refractivity contribution in [3.63, 3.8) is 0 Å². The first-order valence-electron chi connectivity index (χ1n) is 10.9. The highest BCUT2D eigenvalue weighted by atomic mass is 16.5. The van der Waals surface area contributed by atoms with E-state index in [4.69, 9.17) is 4.74 Å². The maximum Gasteiger partial charge on any atom is 0.308 e. The molecule has 1 aromatic rings. The highest BCUT2D eigenvalue weighted by molar-refractivity contribution is 6.05. The van der Waals surface area contributed by atoms with Gasteiger partial charge in [0.15, 0.2) is 6.61 Å². The Morgan fingerprint density at radius 1 is 1.07 bits per heavy atom. The molecule has 1 aliphatic heterocycles. The standard InChI is InChI=1S/C23H30N2O5/c1-2-3-6-16-9-11-17(12-10-16)24-20(26)15-30-21(27)13-14-25-22(28)18-7-4-5-8-19(18)23(25)29/h9-12,18-19H,2-8,13-15H2,1H3,(H,24,26)/t18-,19-/m0/s1. The second-order valence-electron chi connectivity index (χ2n) is 8.08. The number of aryl methyl sites for hydroxylation is 1. The Bertz CT molecular complexity index is 765. The topological polar surface area (TPSA) is 92.8 Å². The monoisotopic (exact) mass is 414 g/mol. The number of unbranched alkanes of at least 4 members (excludes halogenated alkanes) is 1. The van der Waals surface area contributed by atoms with Crippen LogP contribution in [0.2, 0.25) is 0 Å². The average molecular weight is 415 g/mol. The predicted octanol–water partition coefficient (Wildman–Crippen LogP) is 3.08. The van der Waals surface area contributed by atoms with Crippen molar-refractivity contribution >= 4 is 29.4 Å². The number of esters is 1. The van der Waals surface area contributed by atoms with E-state index in [2.05, 4.69) is 12.2 Å². The summed E-state index contributed by atoms with van der Waals surface area (Å²) in [4.78, 5) is 50.0. The van der Waals surface area contributed by atoms with Crippen molar-refractivity contribution in [2.45, 2.75) is 58.3 Å². The van der Waals surface area contributed by atoms with Crippen LogP contribution in [0.1, 0.15) is 57.4 Å². The number of ether oxygens (including phenoxy) is 1. The summed E-state index contributed by atoms with van der Waals surface area (Å²) < 4.78 is 5.00. The zero-order chi connectivity index (χ0) is 21.5. The third-order valence-electron chi connectivity index (χ3n) is 5.89. The van der Waals surface area contributed by atoms with Crippen LogP contribution in [0.25, 0.3) is 0 Å². The van der Waals surface area contributed by atoms with Gasteiger partial charge in [-0.15, -0.1) is 0 Å². The second-order valence-corrected chi connectivity index (χ2v) is 8.08. The van der Waals surface area contributed by atoms with E-state index in [1.165, 1.54) is 10.5 Å². The summed E-state index contributed by atoms with van der Waals surface area (Å²) in [7, 11) is 0. The number of likely N-dealkylation sites (tertiary alicyclic amines) is 1. The molecule has 2 aliphatic rings. The van der Waals surface area contributed by atoms with Gasteiger partial charge in [-0.05, 0) is 43.4 Å². The number of carbonyl (C=O) groups is 4. The first-order chi connectivity index (χ1) is 14.5. The zero-order valence-corrected chi connectivity index (χ0v) is 17.5. The maximum absolute atomic E-state index is 12.4. The van der Waals surface area contributed by atoms with Crippen molar-refractivity contribution < 1.29 is 23.9 Å². The van der Waals surface area contributed by atoms with Crippen LogP contribution in [-0.2, 0) is 30.3 Å². The minimum Gasteiger partial charge on any atom is -0.456 e. The van der Waals surface area contributed by atoms with Crippen LogP contribution < -0.4 is 5.32 Å². The number of rotatable bonds is 9. The van der Waals surface area contributed by atoms with Gasteiger partial charge in [-0.2, -0.15) is 0 Å². The van der Waals surface area contributed by atoms with Gasteiger partial charge in [-0.3, -0.25) is 24.1 Å². The minimum atomic E-state index is -0.601. The molecule has 1 saturated heterocycles. The lowest BCUT2D eigenvalue weighted by atomic mass is 9.81. The van der Waals surface area contributed by atoms with Gasteiger partial charge in [0.1, 0.15) is 0 Å². The molecule has 0 spiro atoms. The summed E-state index contributed by atoms with van der Waals surface area (Å²) in [5, 5.41) is 2.69. The molecule has 7 nitrogen and oxygen atoms in total. The Balaban J connectivity index is 1.38. The van der Waals surface area contributed by atoms with Gasteiger partial charge in [-0.1, -0.05) is 38.3 Å². The van der Waals surface area contributed by atoms with E-state index in [1.54, 1.807) is 0 Å². The van der Waals surface area contributed by atoms with Crippen LogP contribution in [0.3, 0.4) is 0 Å². The molecule has 1 aromatic carbocycles. The molecule has 1 saturated carbocycles. The lowest BCUT2D eigenvalue weighted by Crippen LogP contribution is -2.33. The molecule has 1 heterocycles. The van der Waals surface area contributed by atoms with Crippen molar-refractivity contribution in [3.05, 3.63) is 29.8 Å². The number of fused-ring (bicyclic) bond motifs is 1. The fourth-order valence-electron chi connectivity index (χ4n) is 4.21. The first kappa shape index (κ1) is 22.0. The molecule has 1 N–H and O–H groups in total. The molecule has 3 amide bonds. The lowest BCUT2D eigenvalue weighted by molar-refractivity contribution is -0.148. The van der Waals surface area contributed by atoms with Crippen LogP contribution in [-0.4, -0.2) is 41.7 Å². The third-order valence-corrected chi connectivity index (χ3v) is 5.89. The summed E-state index contributed by atoms with van der Waals surface area (Å²) in [6.45, 7) is 1.76. The van der Waals surface area contributed by atoms with Gasteiger partial charge < -0.3 is 10.1 Å². The Morgan fingerprint density at radius 2 is 1.70 bits per heavy atom. The van der Waals surface area contributed by atoms with Crippen molar-refractivity contribution in [1.29, 1.82) is 0 Å². The van der Waals surface area contributed by atoms with Gasteiger partial charge in [0.25, 0.3) is 5.91 Å². The molecule has 0 radical (unpaired) electrons. The molecule has 3 rings (SSSR count). The third kappa shape index (κ3) is 5.46. The van der Waals surface area contributed by atoms with Crippen LogP contribution in [0.15, 0.2) is 24.3 Å². The van der Waals surface area contributed by atoms with E-state index in [0.29, 0.717) is 5.69 Å². The summed E-state index contributed by atoms with van der Waals surface area (Å²) in [6, 6.07) is 7.60. The molecule has 2 fully saturated rings. The van der Waals surface area contributed by atoms with E-state index >= 15 is 0 Å². The molecular formula is C23H30N2O5. The molecule has 0 unspecified atom stereocenters. The van der Waals surface area contributed by atoms with Crippen molar-refractivity contribution in [2.24, 2.45) is 11.8 Å². The normalized spacial score (nSPS) is 20.8. The SMILES string of the molecule is CCCCc1ccc(NC(=O)COC(=O)CCN2C(=O)[C@H]3CCCC[C@@H]3C2=O)cc1. The largest absolute Gasteiger partial charge is 0.456 e. The van der Waals surface area contributed by atoms with E-state index in [0.717, 1.165) is 44.9 Å². The van der Waals surface area contributed by atoms with Crippen molar-refractivity contribution in [1.82, 2.24) is 4.90 Å². The number of nitrogens with one attached hydrogen (secondary N) is 1. The number of nitrogens with zero attached hydrogens (tertiary/aromatic N) is 1. The maximum atomic E-state index is 12.4. The Labute approximate surface area is 177 Å². The molecule has 1 aliphatic carbocycles. The fraction of sp³-hybridized carbons (Fsp3) is 0.565. The highest BCUT2D eigenvalue weighted by Gasteiger charge is 2.47. The predicted molar refractivity (Wildman–Crippen MR) is 111 cm³/mol. The molecule has 0 bridgehead atoms. The molecule has 7 heteroatoms. The first-order valence-corrected chi connectivity index (χ1v) is 10.9. The number of anilines is 1. The number of benzene rings is 1. The molecule has 0 aromatic heterocycles. The molecule has 162 valence electrons. The summed E-state index contributed by atoms with van der Waals surface area (Å²) in [5.41, 5.74) is 1.86. The quantitative estimate of drug-likeness (QED) is 0.495. The van der Waals surface area contributed by atoms with E-state index in [1.807, 2.05) is 24.3 Å². The summed E-state index contributed by atoms with van der Waals surface area (Å²) in [6.07, 6.45) is 6.58. The number of amides is 3. The second kappa shape index (κ2) is 10.4. The summed E-state index contributed by atoms with van der Waals surface area (Å²) >= 11 is 0. The smallest absolute Gasteiger partial charge is 0.308 e. The number of imide groups is 1. The van der Waals surface area contributed by atoms with Crippen molar-refractivity contribution in [2.75, 3.05) is 18.5 Å². The fourth-order valence-corrected chi connectivity index (χ4v) is 4.21. The average Bonchev–Trinajstić information content (AvgIpc) is 3.00. The number of hydrogen-bond donors (Lipinski definition) is 1. The van der Waals surface area contributed by atoms with Gasteiger partial charge in [-0.25, -0.2) is 0 Å². The van der Waals surface area contributed by atoms with E-state index in [9.17, 15) is 19.2 Å². The van der Waals surface area contributed by atoms with E-state index < -0.39 is 18.5 Å².